The van der Waals surface area contributed by atoms with Crippen molar-refractivity contribution < 1.29 is 9.90 Å². The molecule has 4 heteroatoms. The minimum Gasteiger partial charge on any atom is -0.480 e. The van der Waals surface area contributed by atoms with E-state index in [0.717, 1.165) is 25.8 Å². The molecule has 0 spiro atoms. The van der Waals surface area contributed by atoms with Gasteiger partial charge in [-0.15, -0.1) is 0 Å². The largest absolute Gasteiger partial charge is 0.480 e. The van der Waals surface area contributed by atoms with Crippen molar-refractivity contribution in [2.45, 2.75) is 38.6 Å². The Labute approximate surface area is 90.5 Å². The number of rotatable bonds is 5. The molecule has 1 rings (SSSR count). The molecule has 0 aromatic carbocycles. The van der Waals surface area contributed by atoms with Crippen LogP contribution in [0.2, 0.25) is 0 Å². The van der Waals surface area contributed by atoms with Gasteiger partial charge in [-0.2, -0.15) is 5.26 Å². The van der Waals surface area contributed by atoms with E-state index in [1.165, 1.54) is 0 Å². The first kappa shape index (κ1) is 12.0. The predicted molar refractivity (Wildman–Crippen MR) is 56.2 cm³/mol. The Morgan fingerprint density at radius 2 is 2.33 bits per heavy atom. The van der Waals surface area contributed by atoms with Crippen molar-refractivity contribution in [1.29, 1.82) is 5.26 Å². The quantitative estimate of drug-likeness (QED) is 0.698. The number of aliphatic carboxylic acids is 1. The summed E-state index contributed by atoms with van der Waals surface area (Å²) in [6.45, 7) is 3.55. The summed E-state index contributed by atoms with van der Waals surface area (Å²) in [6, 6.07) is 1.73. The normalized spacial score (nSPS) is 26.4. The molecular formula is C11H18N2O2. The van der Waals surface area contributed by atoms with Crippen molar-refractivity contribution in [3.63, 3.8) is 0 Å². The van der Waals surface area contributed by atoms with Gasteiger partial charge in [-0.1, -0.05) is 19.8 Å². The maximum Gasteiger partial charge on any atom is 0.320 e. The third kappa shape index (κ3) is 3.21. The third-order valence-electron chi connectivity index (χ3n) is 2.92. The van der Waals surface area contributed by atoms with E-state index < -0.39 is 12.0 Å². The first-order chi connectivity index (χ1) is 7.19. The fourth-order valence-electron chi connectivity index (χ4n) is 2.07. The van der Waals surface area contributed by atoms with Gasteiger partial charge in [-0.05, 0) is 19.4 Å². The number of nitriles is 1. The van der Waals surface area contributed by atoms with Crippen molar-refractivity contribution in [2.75, 3.05) is 13.1 Å². The van der Waals surface area contributed by atoms with Crippen LogP contribution >= 0.6 is 0 Å². The number of carbonyl (C=O) groups is 1. The molecule has 1 saturated heterocycles. The van der Waals surface area contributed by atoms with Crippen molar-refractivity contribution in [3.8, 4) is 6.07 Å². The van der Waals surface area contributed by atoms with Gasteiger partial charge in [0.05, 0.1) is 12.0 Å². The van der Waals surface area contributed by atoms with Gasteiger partial charge in [0.15, 0.2) is 0 Å². The molecule has 0 saturated carbocycles. The Bertz CT molecular complexity index is 260. The Hall–Kier alpha value is -1.08. The summed E-state index contributed by atoms with van der Waals surface area (Å²) in [6.07, 6.45) is 3.77. The van der Waals surface area contributed by atoms with Crippen LogP contribution < -0.4 is 0 Å². The van der Waals surface area contributed by atoms with Crippen molar-refractivity contribution >= 4 is 5.97 Å². The van der Waals surface area contributed by atoms with Gasteiger partial charge in [0.25, 0.3) is 0 Å². The SMILES string of the molecule is CCCCCN1CC(C#N)CC1C(=O)O. The van der Waals surface area contributed by atoms with Crippen molar-refractivity contribution in [2.24, 2.45) is 5.92 Å². The van der Waals surface area contributed by atoms with E-state index in [1.54, 1.807) is 0 Å². The average Bonchev–Trinajstić information content (AvgIpc) is 2.62. The van der Waals surface area contributed by atoms with Crippen molar-refractivity contribution in [1.82, 2.24) is 4.90 Å². The number of carboxylic acid groups (broad SMARTS) is 1. The molecule has 84 valence electrons. The third-order valence-corrected chi connectivity index (χ3v) is 2.92. The number of nitrogens with zero attached hydrogens (tertiary/aromatic N) is 2. The van der Waals surface area contributed by atoms with Gasteiger partial charge in [-0.25, -0.2) is 0 Å². The highest BCUT2D eigenvalue weighted by molar-refractivity contribution is 5.74. The van der Waals surface area contributed by atoms with Gasteiger partial charge >= 0.3 is 5.97 Å². The molecule has 0 bridgehead atoms. The topological polar surface area (TPSA) is 64.3 Å². The number of carboxylic acids is 1. The lowest BCUT2D eigenvalue weighted by Gasteiger charge is -2.20. The smallest absolute Gasteiger partial charge is 0.320 e. The van der Waals surface area contributed by atoms with Crippen LogP contribution in [0.15, 0.2) is 0 Å². The zero-order valence-electron chi connectivity index (χ0n) is 9.15. The van der Waals surface area contributed by atoms with Crippen LogP contribution in [-0.2, 0) is 4.79 Å². The number of hydrogen-bond donors (Lipinski definition) is 1. The molecule has 1 fully saturated rings. The minimum absolute atomic E-state index is 0.104. The molecule has 1 aliphatic heterocycles. The highest BCUT2D eigenvalue weighted by atomic mass is 16.4. The molecule has 1 aliphatic rings. The summed E-state index contributed by atoms with van der Waals surface area (Å²) in [5, 5.41) is 17.8. The minimum atomic E-state index is -0.788. The summed E-state index contributed by atoms with van der Waals surface area (Å²) in [5.74, 6) is -0.892. The van der Waals surface area contributed by atoms with Crippen LogP contribution in [0.3, 0.4) is 0 Å². The van der Waals surface area contributed by atoms with E-state index in [0.29, 0.717) is 13.0 Å². The maximum absolute atomic E-state index is 11.0. The lowest BCUT2D eigenvalue weighted by molar-refractivity contribution is -0.142. The van der Waals surface area contributed by atoms with E-state index >= 15 is 0 Å². The predicted octanol–water partition coefficient (Wildman–Crippen LogP) is 1.48. The first-order valence-electron chi connectivity index (χ1n) is 5.55. The molecule has 0 aliphatic carbocycles. The highest BCUT2D eigenvalue weighted by Crippen LogP contribution is 2.23. The Morgan fingerprint density at radius 1 is 1.60 bits per heavy atom. The molecule has 0 amide bonds. The lowest BCUT2D eigenvalue weighted by Crippen LogP contribution is -2.36. The molecule has 0 radical (unpaired) electrons. The van der Waals surface area contributed by atoms with E-state index in [-0.39, 0.29) is 5.92 Å². The molecule has 2 atom stereocenters. The molecule has 1 N–H and O–H groups in total. The second-order valence-corrected chi connectivity index (χ2v) is 4.12. The molecule has 0 aromatic rings. The fourth-order valence-corrected chi connectivity index (χ4v) is 2.07. The standard InChI is InChI=1S/C11H18N2O2/c1-2-3-4-5-13-8-9(7-12)6-10(13)11(14)15/h9-10H,2-6,8H2,1H3,(H,14,15). The van der Waals surface area contributed by atoms with Gasteiger partial charge < -0.3 is 5.11 Å². The number of unbranched alkanes of at least 4 members (excludes halogenated alkanes) is 2. The van der Waals surface area contributed by atoms with Crippen molar-refractivity contribution in [3.05, 3.63) is 0 Å². The van der Waals surface area contributed by atoms with E-state index in [2.05, 4.69) is 13.0 Å². The molecule has 4 nitrogen and oxygen atoms in total. The maximum atomic E-state index is 11.0. The first-order valence-corrected chi connectivity index (χ1v) is 5.55. The van der Waals surface area contributed by atoms with Crippen LogP contribution in [0.4, 0.5) is 0 Å². The summed E-state index contributed by atoms with van der Waals surface area (Å²) in [5.41, 5.74) is 0. The van der Waals surface area contributed by atoms with Crippen LogP contribution in [-0.4, -0.2) is 35.1 Å². The second-order valence-electron chi connectivity index (χ2n) is 4.12. The summed E-state index contributed by atoms with van der Waals surface area (Å²) in [7, 11) is 0. The van der Waals surface area contributed by atoms with E-state index in [4.69, 9.17) is 10.4 Å². The summed E-state index contributed by atoms with van der Waals surface area (Å²) < 4.78 is 0. The molecule has 0 aromatic heterocycles. The zero-order valence-corrected chi connectivity index (χ0v) is 9.15. The Kier molecular flexibility index (Phi) is 4.57. The number of likely N-dealkylation sites (tertiary alicyclic amines) is 1. The van der Waals surface area contributed by atoms with Gasteiger partial charge in [-0.3, -0.25) is 9.69 Å². The van der Waals surface area contributed by atoms with E-state index in [9.17, 15) is 4.79 Å². The lowest BCUT2D eigenvalue weighted by atomic mass is 10.1. The average molecular weight is 210 g/mol. The van der Waals surface area contributed by atoms with Crippen LogP contribution in [0, 0.1) is 17.2 Å². The summed E-state index contributed by atoms with van der Waals surface area (Å²) in [4.78, 5) is 12.9. The summed E-state index contributed by atoms with van der Waals surface area (Å²) >= 11 is 0. The molecule has 1 heterocycles. The molecule has 15 heavy (non-hydrogen) atoms. The zero-order chi connectivity index (χ0) is 11.3. The monoisotopic (exact) mass is 210 g/mol. The Morgan fingerprint density at radius 3 is 2.87 bits per heavy atom. The highest BCUT2D eigenvalue weighted by Gasteiger charge is 2.36. The molecular weight excluding hydrogens is 192 g/mol. The Balaban J connectivity index is 2.46. The molecule has 2 unspecified atom stereocenters. The van der Waals surface area contributed by atoms with Gasteiger partial charge in [0.1, 0.15) is 6.04 Å². The van der Waals surface area contributed by atoms with Gasteiger partial charge in [0.2, 0.25) is 0 Å². The van der Waals surface area contributed by atoms with Gasteiger partial charge in [0, 0.05) is 6.54 Å². The van der Waals surface area contributed by atoms with Crippen LogP contribution in [0.1, 0.15) is 32.6 Å². The number of hydrogen-bond acceptors (Lipinski definition) is 3. The van der Waals surface area contributed by atoms with Crippen LogP contribution in [0.5, 0.6) is 0 Å². The second kappa shape index (κ2) is 5.72. The van der Waals surface area contributed by atoms with E-state index in [1.807, 2.05) is 4.90 Å². The fraction of sp³-hybridized carbons (Fsp3) is 0.818. The van der Waals surface area contributed by atoms with Crippen LogP contribution in [0.25, 0.3) is 0 Å².